The minimum absolute atomic E-state index is 0.0621. The fourth-order valence-electron chi connectivity index (χ4n) is 2.32. The number of nitrogens with zero attached hydrogens (tertiary/aromatic N) is 1. The monoisotopic (exact) mass is 421 g/mol. The van der Waals surface area contributed by atoms with Crippen LogP contribution in [-0.4, -0.2) is 56.7 Å². The summed E-state index contributed by atoms with van der Waals surface area (Å²) in [5, 5.41) is 7.38. The molecule has 1 aromatic heterocycles. The van der Waals surface area contributed by atoms with E-state index in [2.05, 4.69) is 15.6 Å². The Bertz CT molecular complexity index is 867. The lowest BCUT2D eigenvalue weighted by Crippen LogP contribution is -2.38. The standard InChI is InChI=1S/C19H23N3O6S/c1-4-20-16(23)9-21-17(24)10-28-18(25)8-13-11-29-19(22-13)12-5-6-14(26-2)15(7-12)27-3/h5-7,11H,4,8-10H2,1-3H3,(H,20,23)(H,21,24). The lowest BCUT2D eigenvalue weighted by atomic mass is 10.2. The van der Waals surface area contributed by atoms with E-state index in [1.165, 1.54) is 11.3 Å². The van der Waals surface area contributed by atoms with Gasteiger partial charge in [-0.2, -0.15) is 0 Å². The van der Waals surface area contributed by atoms with Crippen molar-refractivity contribution >= 4 is 29.1 Å². The van der Waals surface area contributed by atoms with E-state index in [-0.39, 0.29) is 18.9 Å². The van der Waals surface area contributed by atoms with Crippen molar-refractivity contribution in [1.82, 2.24) is 15.6 Å². The van der Waals surface area contributed by atoms with Crippen molar-refractivity contribution in [3.63, 3.8) is 0 Å². The molecule has 2 amide bonds. The van der Waals surface area contributed by atoms with Crippen LogP contribution in [0.4, 0.5) is 0 Å². The van der Waals surface area contributed by atoms with Crippen LogP contribution in [0.5, 0.6) is 11.5 Å². The van der Waals surface area contributed by atoms with Gasteiger partial charge in [0.1, 0.15) is 5.01 Å². The van der Waals surface area contributed by atoms with Gasteiger partial charge in [-0.15, -0.1) is 11.3 Å². The first-order chi connectivity index (χ1) is 14.0. The van der Waals surface area contributed by atoms with Crippen molar-refractivity contribution in [2.24, 2.45) is 0 Å². The average molecular weight is 421 g/mol. The minimum atomic E-state index is -0.581. The number of likely N-dealkylation sites (N-methyl/N-ethyl adjacent to an activating group) is 1. The third kappa shape index (κ3) is 6.75. The molecule has 0 aliphatic rings. The van der Waals surface area contributed by atoms with Crippen molar-refractivity contribution in [2.45, 2.75) is 13.3 Å². The number of benzene rings is 1. The molecule has 0 unspecified atom stereocenters. The normalized spacial score (nSPS) is 10.2. The second-order valence-electron chi connectivity index (χ2n) is 5.78. The quantitative estimate of drug-likeness (QED) is 0.553. The van der Waals surface area contributed by atoms with E-state index in [0.29, 0.717) is 28.7 Å². The summed E-state index contributed by atoms with van der Waals surface area (Å²) in [5.41, 5.74) is 1.37. The molecule has 0 spiro atoms. The first-order valence-corrected chi connectivity index (χ1v) is 9.70. The molecule has 9 nitrogen and oxygen atoms in total. The van der Waals surface area contributed by atoms with E-state index in [1.54, 1.807) is 38.7 Å². The number of esters is 1. The zero-order valence-electron chi connectivity index (χ0n) is 16.4. The van der Waals surface area contributed by atoms with Crippen molar-refractivity contribution in [1.29, 1.82) is 0 Å². The van der Waals surface area contributed by atoms with Crippen LogP contribution in [0.25, 0.3) is 10.6 Å². The van der Waals surface area contributed by atoms with Crippen molar-refractivity contribution in [2.75, 3.05) is 33.9 Å². The van der Waals surface area contributed by atoms with Crippen LogP contribution in [0.2, 0.25) is 0 Å². The molecule has 0 bridgehead atoms. The maximum atomic E-state index is 11.9. The SMILES string of the molecule is CCNC(=O)CNC(=O)COC(=O)Cc1csc(-c2ccc(OC)c(OC)c2)n1. The Morgan fingerprint density at radius 3 is 2.52 bits per heavy atom. The van der Waals surface area contributed by atoms with Gasteiger partial charge in [0.25, 0.3) is 5.91 Å². The number of hydrogen-bond donors (Lipinski definition) is 2. The Labute approximate surface area is 172 Å². The number of nitrogens with one attached hydrogen (secondary N) is 2. The molecule has 0 saturated carbocycles. The van der Waals surface area contributed by atoms with Crippen LogP contribution in [0.15, 0.2) is 23.6 Å². The number of thiazole rings is 1. The first kappa shape index (κ1) is 22.2. The van der Waals surface area contributed by atoms with Gasteiger partial charge in [-0.3, -0.25) is 14.4 Å². The summed E-state index contributed by atoms with van der Waals surface area (Å²) in [4.78, 5) is 39.2. The summed E-state index contributed by atoms with van der Waals surface area (Å²) in [6.07, 6.45) is -0.0621. The van der Waals surface area contributed by atoms with Gasteiger partial charge in [-0.1, -0.05) is 0 Å². The Morgan fingerprint density at radius 1 is 1.07 bits per heavy atom. The highest BCUT2D eigenvalue weighted by Gasteiger charge is 2.14. The Morgan fingerprint density at radius 2 is 1.83 bits per heavy atom. The van der Waals surface area contributed by atoms with E-state index in [4.69, 9.17) is 14.2 Å². The van der Waals surface area contributed by atoms with Gasteiger partial charge in [-0.05, 0) is 25.1 Å². The highest BCUT2D eigenvalue weighted by Crippen LogP contribution is 2.33. The average Bonchev–Trinajstić information content (AvgIpc) is 3.18. The summed E-state index contributed by atoms with van der Waals surface area (Å²) in [5.74, 6) is -0.240. The Kier molecular flexibility index (Phi) is 8.41. The molecule has 0 saturated heterocycles. The van der Waals surface area contributed by atoms with E-state index >= 15 is 0 Å². The number of hydrogen-bond acceptors (Lipinski definition) is 8. The fraction of sp³-hybridized carbons (Fsp3) is 0.368. The van der Waals surface area contributed by atoms with Gasteiger partial charge in [0, 0.05) is 17.5 Å². The van der Waals surface area contributed by atoms with Crippen LogP contribution in [0.1, 0.15) is 12.6 Å². The van der Waals surface area contributed by atoms with E-state index < -0.39 is 18.5 Å². The maximum Gasteiger partial charge on any atom is 0.312 e. The molecule has 29 heavy (non-hydrogen) atoms. The number of rotatable bonds is 10. The van der Waals surface area contributed by atoms with Gasteiger partial charge in [-0.25, -0.2) is 4.98 Å². The zero-order chi connectivity index (χ0) is 21.2. The number of ether oxygens (including phenoxy) is 3. The molecule has 0 fully saturated rings. The zero-order valence-corrected chi connectivity index (χ0v) is 17.3. The highest BCUT2D eigenvalue weighted by molar-refractivity contribution is 7.13. The number of aromatic nitrogens is 1. The molecule has 156 valence electrons. The first-order valence-electron chi connectivity index (χ1n) is 8.82. The summed E-state index contributed by atoms with van der Waals surface area (Å²) in [7, 11) is 3.11. The van der Waals surface area contributed by atoms with Gasteiger partial charge in [0.2, 0.25) is 5.91 Å². The lowest BCUT2D eigenvalue weighted by molar-refractivity contribution is -0.148. The van der Waals surface area contributed by atoms with Crippen LogP contribution in [0, 0.1) is 0 Å². The Hall–Kier alpha value is -3.14. The van der Waals surface area contributed by atoms with E-state index in [9.17, 15) is 14.4 Å². The predicted molar refractivity (Wildman–Crippen MR) is 107 cm³/mol. The highest BCUT2D eigenvalue weighted by atomic mass is 32.1. The molecule has 2 rings (SSSR count). The molecule has 10 heteroatoms. The van der Waals surface area contributed by atoms with Crippen molar-refractivity contribution in [3.05, 3.63) is 29.3 Å². The largest absolute Gasteiger partial charge is 0.493 e. The van der Waals surface area contributed by atoms with E-state index in [1.807, 2.05) is 6.07 Å². The second-order valence-corrected chi connectivity index (χ2v) is 6.64. The maximum absolute atomic E-state index is 11.9. The van der Waals surface area contributed by atoms with Crippen molar-refractivity contribution < 1.29 is 28.6 Å². The number of carbonyl (C=O) groups excluding carboxylic acids is 3. The van der Waals surface area contributed by atoms with Crippen LogP contribution in [-0.2, 0) is 25.5 Å². The molecule has 0 aliphatic heterocycles. The van der Waals surface area contributed by atoms with Crippen molar-refractivity contribution in [3.8, 4) is 22.1 Å². The predicted octanol–water partition coefficient (Wildman–Crippen LogP) is 1.17. The van der Waals surface area contributed by atoms with Gasteiger partial charge < -0.3 is 24.8 Å². The third-order valence-corrected chi connectivity index (χ3v) is 4.63. The summed E-state index contributed by atoms with van der Waals surface area (Å²) in [6, 6.07) is 5.43. The molecule has 1 heterocycles. The van der Waals surface area contributed by atoms with Gasteiger partial charge in [0.05, 0.1) is 32.9 Å². The molecular formula is C19H23N3O6S. The van der Waals surface area contributed by atoms with Crippen LogP contribution >= 0.6 is 11.3 Å². The molecule has 2 aromatic rings. The van der Waals surface area contributed by atoms with Crippen LogP contribution < -0.4 is 20.1 Å². The third-order valence-electron chi connectivity index (χ3n) is 3.69. The molecule has 0 radical (unpaired) electrons. The van der Waals surface area contributed by atoms with Gasteiger partial charge >= 0.3 is 5.97 Å². The summed E-state index contributed by atoms with van der Waals surface area (Å²) in [6.45, 7) is 1.63. The Balaban J connectivity index is 1.86. The minimum Gasteiger partial charge on any atom is -0.493 e. The number of methoxy groups -OCH3 is 2. The fourth-order valence-corrected chi connectivity index (χ4v) is 3.14. The van der Waals surface area contributed by atoms with E-state index in [0.717, 1.165) is 5.56 Å². The molecule has 0 aliphatic carbocycles. The molecule has 1 aromatic carbocycles. The smallest absolute Gasteiger partial charge is 0.312 e. The lowest BCUT2D eigenvalue weighted by Gasteiger charge is -2.08. The van der Waals surface area contributed by atoms with Crippen LogP contribution in [0.3, 0.4) is 0 Å². The summed E-state index contributed by atoms with van der Waals surface area (Å²) >= 11 is 1.38. The summed E-state index contributed by atoms with van der Waals surface area (Å²) < 4.78 is 15.4. The van der Waals surface area contributed by atoms with Gasteiger partial charge in [0.15, 0.2) is 18.1 Å². The number of carbonyl (C=O) groups is 3. The number of amides is 2. The molecular weight excluding hydrogens is 398 g/mol. The topological polar surface area (TPSA) is 116 Å². The molecule has 0 atom stereocenters. The molecule has 2 N–H and O–H groups in total. The second kappa shape index (κ2) is 11.0.